The van der Waals surface area contributed by atoms with E-state index in [0.29, 0.717) is 6.42 Å². The Bertz CT molecular complexity index is 512. The summed E-state index contributed by atoms with van der Waals surface area (Å²) in [6, 6.07) is 20.4. The summed E-state index contributed by atoms with van der Waals surface area (Å²) in [6.45, 7) is 0. The Hall–Kier alpha value is -2.15. The van der Waals surface area contributed by atoms with Crippen LogP contribution in [0.15, 0.2) is 60.7 Å². The zero-order valence-electron chi connectivity index (χ0n) is 10.3. The van der Waals surface area contributed by atoms with Crippen molar-refractivity contribution in [3.63, 3.8) is 0 Å². The minimum atomic E-state index is 0.563. The Morgan fingerprint density at radius 2 is 1.50 bits per heavy atom. The van der Waals surface area contributed by atoms with E-state index in [1.807, 2.05) is 36.4 Å². The van der Waals surface area contributed by atoms with Gasteiger partial charge in [-0.05, 0) is 23.1 Å². The van der Waals surface area contributed by atoms with Gasteiger partial charge in [0.1, 0.15) is 6.29 Å². The monoisotopic (exact) mass is 236 g/mol. The van der Waals surface area contributed by atoms with Crippen molar-refractivity contribution in [3.8, 4) is 0 Å². The summed E-state index contributed by atoms with van der Waals surface area (Å²) in [4.78, 5) is 10.6. The van der Waals surface area contributed by atoms with Gasteiger partial charge < -0.3 is 4.79 Å². The maximum Gasteiger partial charge on any atom is 0.120 e. The van der Waals surface area contributed by atoms with Crippen LogP contribution >= 0.6 is 0 Å². The lowest BCUT2D eigenvalue weighted by Gasteiger charge is -2.06. The van der Waals surface area contributed by atoms with E-state index in [1.165, 1.54) is 16.7 Å². The normalized spacial score (nSPS) is 11.2. The fourth-order valence-electron chi connectivity index (χ4n) is 1.92. The van der Waals surface area contributed by atoms with E-state index in [0.717, 1.165) is 12.7 Å². The first-order valence-corrected chi connectivity index (χ1v) is 6.15. The predicted molar refractivity (Wildman–Crippen MR) is 76.1 cm³/mol. The third-order valence-electron chi connectivity index (χ3n) is 2.82. The first-order valence-electron chi connectivity index (χ1n) is 6.15. The van der Waals surface area contributed by atoms with Gasteiger partial charge in [-0.3, -0.25) is 0 Å². The zero-order chi connectivity index (χ0) is 12.6. The Labute approximate surface area is 108 Å². The molecule has 0 spiro atoms. The highest BCUT2D eigenvalue weighted by Crippen LogP contribution is 2.22. The topological polar surface area (TPSA) is 17.1 Å². The van der Waals surface area contributed by atoms with Gasteiger partial charge in [0.25, 0.3) is 0 Å². The Morgan fingerprint density at radius 3 is 2.11 bits per heavy atom. The molecule has 0 aliphatic carbocycles. The average Bonchev–Trinajstić information content (AvgIpc) is 2.45. The van der Waals surface area contributed by atoms with Crippen molar-refractivity contribution in [3.05, 3.63) is 71.8 Å². The summed E-state index contributed by atoms with van der Waals surface area (Å²) < 4.78 is 0. The van der Waals surface area contributed by atoms with E-state index in [4.69, 9.17) is 0 Å². The highest BCUT2D eigenvalue weighted by Gasteiger charge is 2.01. The maximum absolute atomic E-state index is 10.6. The van der Waals surface area contributed by atoms with E-state index < -0.39 is 0 Å². The molecule has 0 atom stereocenters. The molecule has 2 rings (SSSR count). The number of benzene rings is 2. The van der Waals surface area contributed by atoms with Gasteiger partial charge in [0, 0.05) is 6.42 Å². The maximum atomic E-state index is 10.6. The SMILES string of the molecule is O=CCC/C(=C\c1ccccc1)c1ccccc1. The molecule has 0 saturated heterocycles. The number of hydrogen-bond acceptors (Lipinski definition) is 1. The van der Waals surface area contributed by atoms with Gasteiger partial charge in [0.15, 0.2) is 0 Å². The molecule has 1 heteroatoms. The van der Waals surface area contributed by atoms with Crippen LogP contribution in [0.1, 0.15) is 24.0 Å². The molecule has 0 aliphatic rings. The molecule has 0 aliphatic heterocycles. The highest BCUT2D eigenvalue weighted by molar-refractivity contribution is 5.82. The lowest BCUT2D eigenvalue weighted by atomic mass is 9.99. The van der Waals surface area contributed by atoms with E-state index in [2.05, 4.69) is 30.3 Å². The molecular formula is C17H16O. The van der Waals surface area contributed by atoms with Gasteiger partial charge in [-0.25, -0.2) is 0 Å². The van der Waals surface area contributed by atoms with Gasteiger partial charge >= 0.3 is 0 Å². The number of rotatable bonds is 5. The molecule has 0 heterocycles. The second-order valence-electron chi connectivity index (χ2n) is 4.15. The largest absolute Gasteiger partial charge is 0.303 e. The van der Waals surface area contributed by atoms with Crippen LogP contribution in [0.25, 0.3) is 11.6 Å². The zero-order valence-corrected chi connectivity index (χ0v) is 10.3. The minimum Gasteiger partial charge on any atom is -0.303 e. The van der Waals surface area contributed by atoms with Crippen LogP contribution in [-0.4, -0.2) is 6.29 Å². The van der Waals surface area contributed by atoms with Crippen LogP contribution in [0.2, 0.25) is 0 Å². The van der Waals surface area contributed by atoms with Crippen molar-refractivity contribution in [2.75, 3.05) is 0 Å². The second-order valence-corrected chi connectivity index (χ2v) is 4.15. The summed E-state index contributed by atoms with van der Waals surface area (Å²) >= 11 is 0. The summed E-state index contributed by atoms with van der Waals surface area (Å²) in [5, 5.41) is 0. The van der Waals surface area contributed by atoms with Gasteiger partial charge in [-0.2, -0.15) is 0 Å². The molecule has 18 heavy (non-hydrogen) atoms. The summed E-state index contributed by atoms with van der Waals surface area (Å²) in [7, 11) is 0. The van der Waals surface area contributed by atoms with Crippen LogP contribution in [-0.2, 0) is 4.79 Å². The van der Waals surface area contributed by atoms with Crippen LogP contribution in [0, 0.1) is 0 Å². The Kier molecular flexibility index (Phi) is 4.48. The molecule has 0 saturated carbocycles. The van der Waals surface area contributed by atoms with Gasteiger partial charge in [-0.1, -0.05) is 66.7 Å². The molecule has 0 bridgehead atoms. The molecule has 1 nitrogen and oxygen atoms in total. The first kappa shape index (κ1) is 12.3. The molecule has 0 N–H and O–H groups in total. The summed E-state index contributed by atoms with van der Waals surface area (Å²) in [5.74, 6) is 0. The van der Waals surface area contributed by atoms with Crippen LogP contribution in [0.3, 0.4) is 0 Å². The fourth-order valence-corrected chi connectivity index (χ4v) is 1.92. The number of aldehydes is 1. The van der Waals surface area contributed by atoms with Gasteiger partial charge in [-0.15, -0.1) is 0 Å². The third kappa shape index (κ3) is 3.42. The standard InChI is InChI=1S/C17H16O/c18-13-7-12-17(16-10-5-2-6-11-16)14-15-8-3-1-4-9-15/h1-6,8-11,13-14H,7,12H2/b17-14+. The van der Waals surface area contributed by atoms with Crippen molar-refractivity contribution >= 4 is 17.9 Å². The van der Waals surface area contributed by atoms with Gasteiger partial charge in [0.2, 0.25) is 0 Å². The quantitative estimate of drug-likeness (QED) is 0.561. The predicted octanol–water partition coefficient (Wildman–Crippen LogP) is 4.21. The number of allylic oxidation sites excluding steroid dienone is 1. The molecular weight excluding hydrogens is 220 g/mol. The Morgan fingerprint density at radius 1 is 0.889 bits per heavy atom. The number of carbonyl (C=O) groups excluding carboxylic acids is 1. The van der Waals surface area contributed by atoms with E-state index in [1.54, 1.807) is 0 Å². The molecule has 0 aromatic heterocycles. The van der Waals surface area contributed by atoms with Crippen molar-refractivity contribution < 1.29 is 4.79 Å². The van der Waals surface area contributed by atoms with E-state index in [-0.39, 0.29) is 0 Å². The van der Waals surface area contributed by atoms with Crippen LogP contribution in [0.4, 0.5) is 0 Å². The summed E-state index contributed by atoms with van der Waals surface area (Å²) in [6.07, 6.45) is 4.47. The van der Waals surface area contributed by atoms with Crippen molar-refractivity contribution in [2.24, 2.45) is 0 Å². The average molecular weight is 236 g/mol. The van der Waals surface area contributed by atoms with Crippen molar-refractivity contribution in [1.82, 2.24) is 0 Å². The van der Waals surface area contributed by atoms with Crippen LogP contribution < -0.4 is 0 Å². The lowest BCUT2D eigenvalue weighted by molar-refractivity contribution is -0.107. The highest BCUT2D eigenvalue weighted by atomic mass is 16.1. The molecule has 0 radical (unpaired) electrons. The molecule has 0 unspecified atom stereocenters. The first-order chi connectivity index (χ1) is 8.90. The van der Waals surface area contributed by atoms with Crippen LogP contribution in [0.5, 0.6) is 0 Å². The number of hydrogen-bond donors (Lipinski definition) is 0. The molecule has 2 aromatic rings. The van der Waals surface area contributed by atoms with E-state index in [9.17, 15) is 4.79 Å². The van der Waals surface area contributed by atoms with Gasteiger partial charge in [0.05, 0.1) is 0 Å². The summed E-state index contributed by atoms with van der Waals surface area (Å²) in [5.41, 5.74) is 3.55. The van der Waals surface area contributed by atoms with E-state index >= 15 is 0 Å². The Balaban J connectivity index is 2.31. The third-order valence-corrected chi connectivity index (χ3v) is 2.82. The van der Waals surface area contributed by atoms with Crippen molar-refractivity contribution in [1.29, 1.82) is 0 Å². The lowest BCUT2D eigenvalue weighted by Crippen LogP contribution is -1.86. The fraction of sp³-hybridized carbons (Fsp3) is 0.118. The molecule has 0 fully saturated rings. The number of carbonyl (C=O) groups is 1. The second kappa shape index (κ2) is 6.55. The molecule has 0 amide bonds. The minimum absolute atomic E-state index is 0.563. The van der Waals surface area contributed by atoms with Crippen molar-refractivity contribution in [2.45, 2.75) is 12.8 Å². The smallest absolute Gasteiger partial charge is 0.120 e. The molecule has 90 valence electrons. The molecule has 2 aromatic carbocycles.